The second-order valence-corrected chi connectivity index (χ2v) is 10.4. The van der Waals surface area contributed by atoms with E-state index in [-0.39, 0.29) is 5.78 Å². The molecule has 0 radical (unpaired) electrons. The second-order valence-electron chi connectivity index (χ2n) is 9.37. The standard InChI is InChI=1S/C33H30O2S/c1-2-3-4-5-18-27(31(35)22-34)30-21-32(28-19-10-14-23-12-6-8-16-25(23)28)36-33(30)29-20-11-15-24-13-7-9-17-26(24)29/h6-17,19-22,27H,2-5,18H2,1H3. The average Bonchev–Trinajstić information content (AvgIpc) is 3.36. The fourth-order valence-electron chi connectivity index (χ4n) is 5.18. The maximum atomic E-state index is 13.0. The highest BCUT2D eigenvalue weighted by Crippen LogP contribution is 2.46. The SMILES string of the molecule is CCCCCCC(C(=O)C=O)c1cc(-c2cccc3ccccc23)sc1-c1cccc2ccccc12. The molecule has 36 heavy (non-hydrogen) atoms. The fraction of sp³-hybridized carbons (Fsp3) is 0.212. The number of carbonyl (C=O) groups excluding carboxylic acids is 2. The predicted octanol–water partition coefficient (Wildman–Crippen LogP) is 9.21. The van der Waals surface area contributed by atoms with Gasteiger partial charge in [-0.05, 0) is 50.7 Å². The molecule has 0 aliphatic rings. The van der Waals surface area contributed by atoms with Crippen molar-refractivity contribution < 1.29 is 9.59 Å². The van der Waals surface area contributed by atoms with Gasteiger partial charge in [-0.25, -0.2) is 0 Å². The first kappa shape index (κ1) is 24.1. The number of Topliss-reactive ketones (excluding diaryl/α,β-unsaturated/α-hetero) is 1. The van der Waals surface area contributed by atoms with Gasteiger partial charge in [0, 0.05) is 9.75 Å². The van der Waals surface area contributed by atoms with Gasteiger partial charge in [-0.3, -0.25) is 9.59 Å². The summed E-state index contributed by atoms with van der Waals surface area (Å²) >= 11 is 1.73. The molecule has 0 saturated heterocycles. The van der Waals surface area contributed by atoms with Gasteiger partial charge in [-0.15, -0.1) is 11.3 Å². The largest absolute Gasteiger partial charge is 0.295 e. The molecule has 4 aromatic carbocycles. The van der Waals surface area contributed by atoms with E-state index in [1.54, 1.807) is 11.3 Å². The lowest BCUT2D eigenvalue weighted by molar-refractivity contribution is -0.131. The number of fused-ring (bicyclic) bond motifs is 2. The molecule has 1 heterocycles. The lowest BCUT2D eigenvalue weighted by Gasteiger charge is -2.15. The van der Waals surface area contributed by atoms with Crippen molar-refractivity contribution in [1.29, 1.82) is 0 Å². The smallest absolute Gasteiger partial charge is 0.202 e. The van der Waals surface area contributed by atoms with E-state index in [0.29, 0.717) is 12.7 Å². The summed E-state index contributed by atoms with van der Waals surface area (Å²) in [6.07, 6.45) is 5.50. The summed E-state index contributed by atoms with van der Waals surface area (Å²) in [4.78, 5) is 27.0. The van der Waals surface area contributed by atoms with Crippen LogP contribution in [0.1, 0.15) is 50.5 Å². The Kier molecular flexibility index (Phi) is 7.39. The third kappa shape index (κ3) is 4.76. The number of carbonyl (C=O) groups is 2. The normalized spacial score (nSPS) is 12.1. The number of ketones is 1. The van der Waals surface area contributed by atoms with Crippen molar-refractivity contribution in [1.82, 2.24) is 0 Å². The molecule has 5 rings (SSSR count). The van der Waals surface area contributed by atoms with Gasteiger partial charge in [-0.2, -0.15) is 0 Å². The van der Waals surface area contributed by atoms with E-state index >= 15 is 0 Å². The minimum absolute atomic E-state index is 0.324. The first-order valence-corrected chi connectivity index (χ1v) is 13.6. The minimum atomic E-state index is -0.423. The van der Waals surface area contributed by atoms with Crippen LogP contribution >= 0.6 is 11.3 Å². The molecule has 0 spiro atoms. The molecular formula is C33H30O2S. The predicted molar refractivity (Wildman–Crippen MR) is 153 cm³/mol. The van der Waals surface area contributed by atoms with Crippen LogP contribution in [0.2, 0.25) is 0 Å². The van der Waals surface area contributed by atoms with Gasteiger partial charge in [0.2, 0.25) is 5.78 Å². The quantitative estimate of drug-likeness (QED) is 0.111. The molecular weight excluding hydrogens is 460 g/mol. The zero-order valence-corrected chi connectivity index (χ0v) is 21.4. The van der Waals surface area contributed by atoms with Crippen LogP contribution in [0.25, 0.3) is 42.4 Å². The summed E-state index contributed by atoms with van der Waals surface area (Å²) in [6, 6.07) is 31.7. The van der Waals surface area contributed by atoms with Gasteiger partial charge >= 0.3 is 0 Å². The van der Waals surface area contributed by atoms with Gasteiger partial charge < -0.3 is 0 Å². The summed E-state index contributed by atoms with van der Waals surface area (Å²) in [5.74, 6) is -0.747. The molecule has 0 bridgehead atoms. The summed E-state index contributed by atoms with van der Waals surface area (Å²) in [6.45, 7) is 2.18. The Hall–Kier alpha value is -3.56. The topological polar surface area (TPSA) is 34.1 Å². The first-order chi connectivity index (χ1) is 17.7. The van der Waals surface area contributed by atoms with Gasteiger partial charge in [0.15, 0.2) is 6.29 Å². The molecule has 180 valence electrons. The molecule has 3 heteroatoms. The van der Waals surface area contributed by atoms with Crippen LogP contribution in [0.4, 0.5) is 0 Å². The fourth-order valence-corrected chi connectivity index (χ4v) is 6.48. The van der Waals surface area contributed by atoms with Gasteiger partial charge in [0.25, 0.3) is 0 Å². The van der Waals surface area contributed by atoms with Crippen molar-refractivity contribution in [2.24, 2.45) is 0 Å². The summed E-state index contributed by atoms with van der Waals surface area (Å²) in [5, 5.41) is 4.72. The van der Waals surface area contributed by atoms with Crippen LogP contribution in [-0.2, 0) is 9.59 Å². The Morgan fingerprint density at radius 3 is 2.06 bits per heavy atom. The lowest BCUT2D eigenvalue weighted by Crippen LogP contribution is -2.14. The van der Waals surface area contributed by atoms with E-state index in [9.17, 15) is 9.59 Å². The Balaban J connectivity index is 1.71. The first-order valence-electron chi connectivity index (χ1n) is 12.8. The minimum Gasteiger partial charge on any atom is -0.295 e. The van der Waals surface area contributed by atoms with Crippen molar-refractivity contribution >= 4 is 45.0 Å². The molecule has 0 amide bonds. The van der Waals surface area contributed by atoms with E-state index in [2.05, 4.69) is 97.9 Å². The van der Waals surface area contributed by atoms with Crippen LogP contribution < -0.4 is 0 Å². The molecule has 1 unspecified atom stereocenters. The van der Waals surface area contributed by atoms with Gasteiger partial charge in [0.05, 0.1) is 5.92 Å². The molecule has 1 aromatic heterocycles. The molecule has 0 fully saturated rings. The molecule has 1 atom stereocenters. The highest BCUT2D eigenvalue weighted by Gasteiger charge is 2.26. The summed E-state index contributed by atoms with van der Waals surface area (Å²) in [7, 11) is 0. The van der Waals surface area contributed by atoms with Crippen LogP contribution in [0.3, 0.4) is 0 Å². The van der Waals surface area contributed by atoms with Crippen LogP contribution in [-0.4, -0.2) is 12.1 Å². The Morgan fingerprint density at radius 2 is 1.39 bits per heavy atom. The zero-order valence-electron chi connectivity index (χ0n) is 20.6. The third-order valence-corrected chi connectivity index (χ3v) is 8.25. The van der Waals surface area contributed by atoms with E-state index in [4.69, 9.17) is 0 Å². The molecule has 2 nitrogen and oxygen atoms in total. The average molecular weight is 491 g/mol. The Morgan fingerprint density at radius 1 is 0.778 bits per heavy atom. The van der Waals surface area contributed by atoms with Crippen LogP contribution in [0.5, 0.6) is 0 Å². The number of unbranched alkanes of at least 4 members (excludes halogenated alkanes) is 3. The molecule has 0 N–H and O–H groups in total. The van der Waals surface area contributed by atoms with E-state index in [0.717, 1.165) is 57.5 Å². The number of thiophene rings is 1. The Bertz CT molecular complexity index is 1520. The molecule has 0 saturated carbocycles. The molecule has 0 aliphatic carbocycles. The monoisotopic (exact) mass is 490 g/mol. The number of benzene rings is 4. The van der Waals surface area contributed by atoms with Crippen molar-refractivity contribution in [2.45, 2.75) is 44.9 Å². The van der Waals surface area contributed by atoms with Crippen LogP contribution in [0, 0.1) is 0 Å². The molecule has 5 aromatic rings. The van der Waals surface area contributed by atoms with Gasteiger partial charge in [-0.1, -0.05) is 118 Å². The van der Waals surface area contributed by atoms with Crippen molar-refractivity contribution in [3.63, 3.8) is 0 Å². The van der Waals surface area contributed by atoms with Crippen molar-refractivity contribution in [2.75, 3.05) is 0 Å². The third-order valence-electron chi connectivity index (χ3n) is 7.03. The number of hydrogen-bond donors (Lipinski definition) is 0. The maximum absolute atomic E-state index is 13.0. The highest BCUT2D eigenvalue weighted by atomic mass is 32.1. The number of aldehydes is 1. The Labute approximate surface area is 216 Å². The van der Waals surface area contributed by atoms with Crippen molar-refractivity contribution in [3.05, 3.63) is 96.6 Å². The summed E-state index contributed by atoms with van der Waals surface area (Å²) < 4.78 is 0. The number of rotatable bonds is 10. The lowest BCUT2D eigenvalue weighted by atomic mass is 9.87. The zero-order chi connectivity index (χ0) is 24.9. The van der Waals surface area contributed by atoms with Crippen molar-refractivity contribution in [3.8, 4) is 20.9 Å². The highest BCUT2D eigenvalue weighted by molar-refractivity contribution is 7.19. The summed E-state index contributed by atoms with van der Waals surface area (Å²) in [5.41, 5.74) is 3.26. The second kappa shape index (κ2) is 11.0. The maximum Gasteiger partial charge on any atom is 0.202 e. The number of hydrogen-bond acceptors (Lipinski definition) is 3. The van der Waals surface area contributed by atoms with E-state index < -0.39 is 5.92 Å². The van der Waals surface area contributed by atoms with E-state index in [1.807, 2.05) is 0 Å². The molecule has 0 aliphatic heterocycles. The van der Waals surface area contributed by atoms with Crippen LogP contribution in [0.15, 0.2) is 91.0 Å². The van der Waals surface area contributed by atoms with E-state index in [1.165, 1.54) is 16.2 Å². The van der Waals surface area contributed by atoms with Gasteiger partial charge in [0.1, 0.15) is 0 Å².